The predicted octanol–water partition coefficient (Wildman–Crippen LogP) is 3.16. The fourth-order valence-electron chi connectivity index (χ4n) is 2.38. The Morgan fingerprint density at radius 3 is 2.57 bits per heavy atom. The van der Waals surface area contributed by atoms with Crippen LogP contribution < -0.4 is 5.32 Å². The molecule has 21 heavy (non-hydrogen) atoms. The number of hydrogen-bond acceptors (Lipinski definition) is 2. The number of piperidine rings is 1. The van der Waals surface area contributed by atoms with Crippen molar-refractivity contribution in [2.24, 2.45) is 5.92 Å². The number of nitrogens with one attached hydrogen (secondary N) is 1. The Kier molecular flexibility index (Phi) is 5.09. The summed E-state index contributed by atoms with van der Waals surface area (Å²) in [6.07, 6.45) is 2.20. The van der Waals surface area contributed by atoms with Gasteiger partial charge in [0.25, 0.3) is 0 Å². The van der Waals surface area contributed by atoms with Crippen LogP contribution in [0.1, 0.15) is 26.2 Å². The lowest BCUT2D eigenvalue weighted by atomic mass is 9.99. The van der Waals surface area contributed by atoms with Gasteiger partial charge in [0.05, 0.1) is 5.69 Å². The molecule has 1 saturated heterocycles. The second-order valence-electron chi connectivity index (χ2n) is 5.46. The Labute approximate surface area is 122 Å². The van der Waals surface area contributed by atoms with Crippen molar-refractivity contribution in [1.29, 1.82) is 0 Å². The average molecular weight is 300 g/mol. The van der Waals surface area contributed by atoms with Crippen molar-refractivity contribution < 1.29 is 18.0 Å². The molecule has 0 saturated carbocycles. The van der Waals surface area contributed by atoms with Crippen LogP contribution in [0.25, 0.3) is 0 Å². The molecule has 1 aromatic rings. The molecule has 1 aliphatic heterocycles. The quantitative estimate of drug-likeness (QED) is 0.866. The second-order valence-corrected chi connectivity index (χ2v) is 5.46. The van der Waals surface area contributed by atoms with Gasteiger partial charge in [0.2, 0.25) is 5.91 Å². The maximum absolute atomic E-state index is 13.4. The van der Waals surface area contributed by atoms with Crippen molar-refractivity contribution in [1.82, 2.24) is 4.90 Å². The molecular formula is C15H19F3N2O. The maximum atomic E-state index is 13.4. The first-order valence-corrected chi connectivity index (χ1v) is 7.14. The summed E-state index contributed by atoms with van der Waals surface area (Å²) in [5.41, 5.74) is -0.131. The fourth-order valence-corrected chi connectivity index (χ4v) is 2.38. The number of amides is 1. The summed E-state index contributed by atoms with van der Waals surface area (Å²) in [7, 11) is 0. The highest BCUT2D eigenvalue weighted by molar-refractivity contribution is 5.76. The molecule has 1 N–H and O–H groups in total. The van der Waals surface area contributed by atoms with Gasteiger partial charge in [-0.25, -0.2) is 13.2 Å². The van der Waals surface area contributed by atoms with Crippen LogP contribution in [-0.4, -0.2) is 30.4 Å². The number of rotatable bonds is 4. The van der Waals surface area contributed by atoms with Crippen molar-refractivity contribution in [3.8, 4) is 0 Å². The Morgan fingerprint density at radius 2 is 1.90 bits per heavy atom. The summed E-state index contributed by atoms with van der Waals surface area (Å²) in [5, 5.41) is 2.63. The molecule has 116 valence electrons. The van der Waals surface area contributed by atoms with E-state index in [0.29, 0.717) is 5.92 Å². The number of benzene rings is 1. The van der Waals surface area contributed by atoms with Crippen molar-refractivity contribution in [3.05, 3.63) is 29.6 Å². The molecule has 2 rings (SSSR count). The van der Waals surface area contributed by atoms with E-state index in [9.17, 15) is 18.0 Å². The summed E-state index contributed by atoms with van der Waals surface area (Å²) < 4.78 is 39.2. The lowest BCUT2D eigenvalue weighted by Crippen LogP contribution is -2.38. The number of likely N-dealkylation sites (tertiary alicyclic amines) is 1. The van der Waals surface area contributed by atoms with Gasteiger partial charge in [0, 0.05) is 26.1 Å². The Bertz CT molecular complexity index is 514. The van der Waals surface area contributed by atoms with Gasteiger partial charge in [-0.3, -0.25) is 4.79 Å². The van der Waals surface area contributed by atoms with Gasteiger partial charge < -0.3 is 10.2 Å². The topological polar surface area (TPSA) is 32.3 Å². The number of carbonyl (C=O) groups is 1. The third-order valence-electron chi connectivity index (χ3n) is 3.83. The third kappa shape index (κ3) is 3.89. The van der Waals surface area contributed by atoms with E-state index < -0.39 is 17.5 Å². The van der Waals surface area contributed by atoms with Crippen LogP contribution in [0.3, 0.4) is 0 Å². The van der Waals surface area contributed by atoms with E-state index in [4.69, 9.17) is 0 Å². The highest BCUT2D eigenvalue weighted by atomic mass is 19.2. The second kappa shape index (κ2) is 6.83. The summed E-state index contributed by atoms with van der Waals surface area (Å²) in [6, 6.07) is 1.98. The zero-order valence-corrected chi connectivity index (χ0v) is 12.0. The summed E-state index contributed by atoms with van der Waals surface area (Å²) in [5.74, 6) is -3.34. The summed E-state index contributed by atoms with van der Waals surface area (Å²) >= 11 is 0. The van der Waals surface area contributed by atoms with E-state index in [1.165, 1.54) is 0 Å². The number of nitrogens with zero attached hydrogens (tertiary/aromatic N) is 1. The molecule has 1 heterocycles. The summed E-state index contributed by atoms with van der Waals surface area (Å²) in [6.45, 7) is 3.85. The van der Waals surface area contributed by atoms with Gasteiger partial charge in [0.15, 0.2) is 17.5 Å². The molecule has 0 radical (unpaired) electrons. The first-order valence-electron chi connectivity index (χ1n) is 7.14. The largest absolute Gasteiger partial charge is 0.382 e. The molecule has 0 spiro atoms. The monoisotopic (exact) mass is 300 g/mol. The summed E-state index contributed by atoms with van der Waals surface area (Å²) in [4.78, 5) is 13.8. The van der Waals surface area contributed by atoms with Crippen LogP contribution in [0.2, 0.25) is 0 Å². The van der Waals surface area contributed by atoms with Crippen LogP contribution >= 0.6 is 0 Å². The lowest BCUT2D eigenvalue weighted by Gasteiger charge is -2.30. The molecule has 0 aliphatic carbocycles. The van der Waals surface area contributed by atoms with Gasteiger partial charge in [-0.2, -0.15) is 0 Å². The fraction of sp³-hybridized carbons (Fsp3) is 0.533. The van der Waals surface area contributed by atoms with Crippen molar-refractivity contribution in [3.63, 3.8) is 0 Å². The van der Waals surface area contributed by atoms with E-state index in [-0.39, 0.29) is 24.6 Å². The van der Waals surface area contributed by atoms with E-state index >= 15 is 0 Å². The predicted molar refractivity (Wildman–Crippen MR) is 74.4 cm³/mol. The lowest BCUT2D eigenvalue weighted by molar-refractivity contribution is -0.132. The van der Waals surface area contributed by atoms with Crippen LogP contribution in [0.15, 0.2) is 12.1 Å². The van der Waals surface area contributed by atoms with Crippen LogP contribution in [0, 0.1) is 23.4 Å². The smallest absolute Gasteiger partial charge is 0.224 e. The molecule has 0 atom stereocenters. The Morgan fingerprint density at radius 1 is 1.24 bits per heavy atom. The molecule has 1 fully saturated rings. The van der Waals surface area contributed by atoms with Gasteiger partial charge in [-0.1, -0.05) is 6.92 Å². The van der Waals surface area contributed by atoms with Gasteiger partial charge >= 0.3 is 0 Å². The first kappa shape index (κ1) is 15.7. The molecule has 1 aromatic carbocycles. The molecular weight excluding hydrogens is 281 g/mol. The number of hydrogen-bond donors (Lipinski definition) is 1. The Balaban J connectivity index is 1.82. The van der Waals surface area contributed by atoms with Crippen LogP contribution in [0.5, 0.6) is 0 Å². The van der Waals surface area contributed by atoms with E-state index in [1.807, 2.05) is 0 Å². The molecule has 6 heteroatoms. The van der Waals surface area contributed by atoms with Crippen LogP contribution in [-0.2, 0) is 4.79 Å². The number of carbonyl (C=O) groups excluding carboxylic acids is 1. The third-order valence-corrected chi connectivity index (χ3v) is 3.83. The Hall–Kier alpha value is -1.72. The highest BCUT2D eigenvalue weighted by Crippen LogP contribution is 2.20. The van der Waals surface area contributed by atoms with Gasteiger partial charge in [-0.05, 0) is 30.9 Å². The minimum atomic E-state index is -1.50. The number of halogens is 3. The minimum absolute atomic E-state index is 0.00242. The van der Waals surface area contributed by atoms with Crippen molar-refractivity contribution in [2.75, 3.05) is 25.0 Å². The standard InChI is InChI=1S/C15H19F3N2O/c1-10-5-8-20(9-6-10)13(21)4-7-19-12-3-2-11(16)14(17)15(12)18/h2-3,10,19H,4-9H2,1H3. The molecule has 0 bridgehead atoms. The molecule has 0 aromatic heterocycles. The number of anilines is 1. The van der Waals surface area contributed by atoms with Crippen molar-refractivity contribution >= 4 is 11.6 Å². The average Bonchev–Trinajstić information content (AvgIpc) is 2.48. The first-order chi connectivity index (χ1) is 9.99. The molecule has 1 aliphatic rings. The van der Waals surface area contributed by atoms with Gasteiger partial charge in [-0.15, -0.1) is 0 Å². The van der Waals surface area contributed by atoms with E-state index in [2.05, 4.69) is 12.2 Å². The van der Waals surface area contributed by atoms with Crippen LogP contribution in [0.4, 0.5) is 18.9 Å². The van der Waals surface area contributed by atoms with Gasteiger partial charge in [0.1, 0.15) is 0 Å². The van der Waals surface area contributed by atoms with Crippen molar-refractivity contribution in [2.45, 2.75) is 26.2 Å². The normalized spacial score (nSPS) is 16.1. The SMILES string of the molecule is CC1CCN(C(=O)CCNc2ccc(F)c(F)c2F)CC1. The van der Waals surface area contributed by atoms with E-state index in [1.54, 1.807) is 4.90 Å². The highest BCUT2D eigenvalue weighted by Gasteiger charge is 2.20. The van der Waals surface area contributed by atoms with E-state index in [0.717, 1.165) is 38.1 Å². The molecule has 0 unspecified atom stereocenters. The molecule has 1 amide bonds. The molecule has 3 nitrogen and oxygen atoms in total. The zero-order chi connectivity index (χ0) is 15.4. The minimum Gasteiger partial charge on any atom is -0.382 e. The maximum Gasteiger partial charge on any atom is 0.224 e. The zero-order valence-electron chi connectivity index (χ0n) is 12.0.